The quantitative estimate of drug-likeness (QED) is 0.821. The van der Waals surface area contributed by atoms with E-state index < -0.39 is 10.0 Å². The van der Waals surface area contributed by atoms with Gasteiger partial charge in [-0.05, 0) is 42.5 Å². The third-order valence-electron chi connectivity index (χ3n) is 3.13. The summed E-state index contributed by atoms with van der Waals surface area (Å²) in [6.07, 6.45) is 0.941. The molecule has 2 N–H and O–H groups in total. The van der Waals surface area contributed by atoms with Crippen LogP contribution in [-0.4, -0.2) is 15.0 Å². The van der Waals surface area contributed by atoms with Crippen molar-refractivity contribution in [2.75, 3.05) is 11.9 Å². The lowest BCUT2D eigenvalue weighted by Gasteiger charge is -2.12. The SMILES string of the molecule is CCCNc1ccccc1S(=O)(=O)NCc1sccc1C. The molecule has 6 heteroatoms. The molecule has 0 radical (unpaired) electrons. The van der Waals surface area contributed by atoms with E-state index in [2.05, 4.69) is 10.0 Å². The molecule has 0 unspecified atom stereocenters. The van der Waals surface area contributed by atoms with Crippen molar-refractivity contribution in [2.45, 2.75) is 31.7 Å². The highest BCUT2D eigenvalue weighted by Gasteiger charge is 2.18. The minimum atomic E-state index is -3.52. The Morgan fingerprint density at radius 2 is 1.95 bits per heavy atom. The van der Waals surface area contributed by atoms with Crippen LogP contribution >= 0.6 is 11.3 Å². The minimum Gasteiger partial charge on any atom is -0.384 e. The van der Waals surface area contributed by atoms with Gasteiger partial charge in [0.15, 0.2) is 0 Å². The molecule has 0 aliphatic rings. The van der Waals surface area contributed by atoms with E-state index in [0.29, 0.717) is 17.1 Å². The van der Waals surface area contributed by atoms with Gasteiger partial charge in [-0.3, -0.25) is 0 Å². The normalized spacial score (nSPS) is 11.5. The van der Waals surface area contributed by atoms with Crippen molar-refractivity contribution < 1.29 is 8.42 Å². The summed E-state index contributed by atoms with van der Waals surface area (Å²) in [5, 5.41) is 5.13. The highest BCUT2D eigenvalue weighted by atomic mass is 32.2. The lowest BCUT2D eigenvalue weighted by molar-refractivity contribution is 0.582. The number of rotatable bonds is 7. The number of anilines is 1. The number of nitrogens with one attached hydrogen (secondary N) is 2. The average Bonchev–Trinajstić information content (AvgIpc) is 2.89. The van der Waals surface area contributed by atoms with Crippen LogP contribution in [0.2, 0.25) is 0 Å². The summed E-state index contributed by atoms with van der Waals surface area (Å²) in [6.45, 7) is 5.10. The Morgan fingerprint density at radius 1 is 1.19 bits per heavy atom. The molecule has 0 saturated carbocycles. The lowest BCUT2D eigenvalue weighted by Crippen LogP contribution is -2.24. The fourth-order valence-electron chi connectivity index (χ4n) is 1.93. The van der Waals surface area contributed by atoms with E-state index in [1.54, 1.807) is 29.5 Å². The van der Waals surface area contributed by atoms with E-state index >= 15 is 0 Å². The summed E-state index contributed by atoms with van der Waals surface area (Å²) in [6, 6.07) is 8.98. The molecule has 1 aromatic heterocycles. The van der Waals surface area contributed by atoms with E-state index in [-0.39, 0.29) is 0 Å². The van der Waals surface area contributed by atoms with Gasteiger partial charge in [0.05, 0.1) is 5.69 Å². The number of hydrogen-bond donors (Lipinski definition) is 2. The number of benzene rings is 1. The molecule has 0 fully saturated rings. The highest BCUT2D eigenvalue weighted by molar-refractivity contribution is 7.89. The number of hydrogen-bond acceptors (Lipinski definition) is 4. The Kier molecular flexibility index (Phi) is 5.39. The minimum absolute atomic E-state index is 0.299. The molecule has 0 aliphatic heterocycles. The van der Waals surface area contributed by atoms with Gasteiger partial charge in [-0.15, -0.1) is 11.3 Å². The maximum Gasteiger partial charge on any atom is 0.242 e. The first-order valence-electron chi connectivity index (χ1n) is 6.90. The molecule has 114 valence electrons. The van der Waals surface area contributed by atoms with Crippen LogP contribution < -0.4 is 10.0 Å². The maximum atomic E-state index is 12.5. The van der Waals surface area contributed by atoms with Crippen molar-refractivity contribution in [3.05, 3.63) is 46.2 Å². The van der Waals surface area contributed by atoms with E-state index in [4.69, 9.17) is 0 Å². The molecule has 2 aromatic rings. The molecule has 0 bridgehead atoms. The van der Waals surface area contributed by atoms with Crippen molar-refractivity contribution in [3.63, 3.8) is 0 Å². The molecule has 21 heavy (non-hydrogen) atoms. The molecule has 1 heterocycles. The zero-order valence-electron chi connectivity index (χ0n) is 12.2. The molecule has 0 spiro atoms. The van der Waals surface area contributed by atoms with E-state index in [9.17, 15) is 8.42 Å². The summed E-state index contributed by atoms with van der Waals surface area (Å²) in [4.78, 5) is 1.34. The first kappa shape index (κ1) is 16.0. The van der Waals surface area contributed by atoms with E-state index in [0.717, 1.165) is 23.4 Å². The molecule has 1 aromatic carbocycles. The van der Waals surface area contributed by atoms with Crippen LogP contribution in [-0.2, 0) is 16.6 Å². The second kappa shape index (κ2) is 7.06. The molecular weight excluding hydrogens is 304 g/mol. The maximum absolute atomic E-state index is 12.5. The summed E-state index contributed by atoms with van der Waals surface area (Å²) < 4.78 is 27.6. The average molecular weight is 324 g/mol. The van der Waals surface area contributed by atoms with E-state index in [1.165, 1.54) is 0 Å². The number of para-hydroxylation sites is 1. The van der Waals surface area contributed by atoms with Gasteiger partial charge in [0.1, 0.15) is 4.90 Å². The van der Waals surface area contributed by atoms with Crippen molar-refractivity contribution in [1.29, 1.82) is 0 Å². The monoisotopic (exact) mass is 324 g/mol. The van der Waals surface area contributed by atoms with Crippen LogP contribution in [0.1, 0.15) is 23.8 Å². The predicted molar refractivity (Wildman–Crippen MR) is 88.3 cm³/mol. The van der Waals surface area contributed by atoms with Gasteiger partial charge in [-0.25, -0.2) is 13.1 Å². The molecule has 0 aliphatic carbocycles. The zero-order chi connectivity index (χ0) is 15.3. The Morgan fingerprint density at radius 3 is 2.62 bits per heavy atom. The van der Waals surface area contributed by atoms with Crippen molar-refractivity contribution in [2.24, 2.45) is 0 Å². The Bertz CT molecular complexity index is 693. The molecule has 0 atom stereocenters. The summed E-state index contributed by atoms with van der Waals surface area (Å²) in [5.41, 5.74) is 1.76. The van der Waals surface area contributed by atoms with Crippen LogP contribution in [0.4, 0.5) is 5.69 Å². The smallest absolute Gasteiger partial charge is 0.242 e. The van der Waals surface area contributed by atoms with Crippen molar-refractivity contribution >= 4 is 27.0 Å². The topological polar surface area (TPSA) is 58.2 Å². The third kappa shape index (κ3) is 4.06. The molecule has 0 amide bonds. The van der Waals surface area contributed by atoms with Crippen molar-refractivity contribution in [1.82, 2.24) is 4.72 Å². The van der Waals surface area contributed by atoms with Crippen molar-refractivity contribution in [3.8, 4) is 0 Å². The van der Waals surface area contributed by atoms with Crippen LogP contribution in [0.25, 0.3) is 0 Å². The van der Waals surface area contributed by atoms with Gasteiger partial charge in [0.2, 0.25) is 10.0 Å². The highest BCUT2D eigenvalue weighted by Crippen LogP contribution is 2.22. The standard InChI is InChI=1S/C15H20N2O2S2/c1-3-9-16-13-6-4-5-7-15(13)21(18,19)17-11-14-12(2)8-10-20-14/h4-8,10,16-17H,3,9,11H2,1-2H3. The molecular formula is C15H20N2O2S2. The zero-order valence-corrected chi connectivity index (χ0v) is 13.9. The Labute approximate surface area is 130 Å². The number of thiophene rings is 1. The second-order valence-corrected chi connectivity index (χ2v) is 7.51. The number of aryl methyl sites for hydroxylation is 1. The van der Waals surface area contributed by atoms with Gasteiger partial charge in [0.25, 0.3) is 0 Å². The largest absolute Gasteiger partial charge is 0.384 e. The van der Waals surface area contributed by atoms with Gasteiger partial charge < -0.3 is 5.32 Å². The summed E-state index contributed by atoms with van der Waals surface area (Å²) in [7, 11) is -3.52. The summed E-state index contributed by atoms with van der Waals surface area (Å²) >= 11 is 1.56. The van der Waals surface area contributed by atoms with Crippen LogP contribution in [0.5, 0.6) is 0 Å². The molecule has 4 nitrogen and oxygen atoms in total. The fourth-order valence-corrected chi connectivity index (χ4v) is 4.04. The second-order valence-electron chi connectivity index (χ2n) is 4.77. The predicted octanol–water partition coefficient (Wildman–Crippen LogP) is 3.36. The molecule has 0 saturated heterocycles. The van der Waals surface area contributed by atoms with Gasteiger partial charge in [-0.2, -0.15) is 0 Å². The summed E-state index contributed by atoms with van der Waals surface area (Å²) in [5.74, 6) is 0. The van der Waals surface area contributed by atoms with Gasteiger partial charge >= 0.3 is 0 Å². The lowest BCUT2D eigenvalue weighted by atomic mass is 10.3. The number of sulfonamides is 1. The first-order valence-corrected chi connectivity index (χ1v) is 9.26. The fraction of sp³-hybridized carbons (Fsp3) is 0.333. The third-order valence-corrected chi connectivity index (χ3v) is 5.62. The van der Waals surface area contributed by atoms with Crippen LogP contribution in [0, 0.1) is 6.92 Å². The van der Waals surface area contributed by atoms with Crippen LogP contribution in [0.3, 0.4) is 0 Å². The van der Waals surface area contributed by atoms with Gasteiger partial charge in [0, 0.05) is 18.0 Å². The van der Waals surface area contributed by atoms with E-state index in [1.807, 2.05) is 31.4 Å². The first-order chi connectivity index (χ1) is 10.0. The van der Waals surface area contributed by atoms with Crippen LogP contribution in [0.15, 0.2) is 40.6 Å². The Hall–Kier alpha value is -1.37. The molecule has 2 rings (SSSR count). The Balaban J connectivity index is 2.17. The van der Waals surface area contributed by atoms with Gasteiger partial charge in [-0.1, -0.05) is 19.1 Å².